The Kier molecular flexibility index (Phi) is 11.8. The first-order valence-corrected chi connectivity index (χ1v) is 18.1. The molecule has 0 spiro atoms. The molecular formula is C40H45ClN6O9. The number of hydrogen-bond acceptors (Lipinski definition) is 11. The Hall–Kier alpha value is -5.96. The quantitative estimate of drug-likeness (QED) is 0.128. The molecule has 2 aromatic carbocycles. The zero-order chi connectivity index (χ0) is 41.4. The number of nitrogens with one attached hydrogen (secondary N) is 2. The summed E-state index contributed by atoms with van der Waals surface area (Å²) < 4.78 is 24.4. The van der Waals surface area contributed by atoms with Crippen LogP contribution in [0.3, 0.4) is 0 Å². The highest BCUT2D eigenvalue weighted by Crippen LogP contribution is 2.42. The van der Waals surface area contributed by atoms with Gasteiger partial charge in [-0.1, -0.05) is 39.3 Å². The molecule has 0 saturated carbocycles. The van der Waals surface area contributed by atoms with Crippen LogP contribution in [0.1, 0.15) is 86.2 Å². The van der Waals surface area contributed by atoms with Crippen LogP contribution in [-0.2, 0) is 20.7 Å². The molecular weight excluding hydrogens is 744 g/mol. The Morgan fingerprint density at radius 2 is 1.57 bits per heavy atom. The summed E-state index contributed by atoms with van der Waals surface area (Å²) in [5, 5.41) is 6.39. The van der Waals surface area contributed by atoms with Crippen LogP contribution in [-0.4, -0.2) is 82.9 Å². The number of methoxy groups -OCH3 is 2. The van der Waals surface area contributed by atoms with E-state index in [2.05, 4.69) is 20.6 Å². The molecule has 56 heavy (non-hydrogen) atoms. The molecule has 16 heteroatoms. The van der Waals surface area contributed by atoms with Gasteiger partial charge in [0.15, 0.2) is 17.1 Å². The van der Waals surface area contributed by atoms with Crippen molar-refractivity contribution in [3.8, 4) is 11.5 Å². The van der Waals surface area contributed by atoms with Crippen LogP contribution in [0.25, 0.3) is 21.9 Å². The van der Waals surface area contributed by atoms with Gasteiger partial charge in [-0.05, 0) is 56.7 Å². The number of aromatic nitrogens is 3. The maximum atomic E-state index is 14.8. The fourth-order valence-electron chi connectivity index (χ4n) is 5.77. The van der Waals surface area contributed by atoms with Crippen molar-refractivity contribution in [2.45, 2.75) is 60.5 Å². The van der Waals surface area contributed by atoms with Gasteiger partial charge in [-0.25, -0.2) is 14.3 Å². The van der Waals surface area contributed by atoms with Crippen molar-refractivity contribution < 1.29 is 42.6 Å². The summed E-state index contributed by atoms with van der Waals surface area (Å²) in [6, 6.07) is 7.77. The lowest BCUT2D eigenvalue weighted by Crippen LogP contribution is -2.32. The summed E-state index contributed by atoms with van der Waals surface area (Å²) in [5.41, 5.74) is 0.0864. The summed E-state index contributed by atoms with van der Waals surface area (Å²) in [4.78, 5) is 77.8. The first-order chi connectivity index (χ1) is 26.3. The average Bonchev–Trinajstić information content (AvgIpc) is 3.71. The molecule has 0 saturated heterocycles. The highest BCUT2D eigenvalue weighted by molar-refractivity contribution is 6.32. The minimum atomic E-state index is -0.932. The lowest BCUT2D eigenvalue weighted by molar-refractivity contribution is -0.119. The third kappa shape index (κ3) is 8.32. The van der Waals surface area contributed by atoms with Crippen LogP contribution in [0, 0.1) is 11.8 Å². The Morgan fingerprint density at radius 1 is 0.911 bits per heavy atom. The summed E-state index contributed by atoms with van der Waals surface area (Å²) >= 11 is 6.43. The topological polar surface area (TPSA) is 184 Å². The summed E-state index contributed by atoms with van der Waals surface area (Å²) in [6.07, 6.45) is 0.709. The van der Waals surface area contributed by atoms with Gasteiger partial charge in [-0.15, -0.1) is 0 Å². The van der Waals surface area contributed by atoms with Crippen LogP contribution in [0.5, 0.6) is 11.5 Å². The Bertz CT molecular complexity index is 2390. The van der Waals surface area contributed by atoms with Gasteiger partial charge >= 0.3 is 6.09 Å². The number of amides is 3. The van der Waals surface area contributed by atoms with Crippen LogP contribution < -0.4 is 20.1 Å². The fraction of sp³-hybridized carbons (Fsp3) is 0.375. The van der Waals surface area contributed by atoms with Crippen LogP contribution >= 0.6 is 11.6 Å². The van der Waals surface area contributed by atoms with Crippen molar-refractivity contribution >= 4 is 74.8 Å². The largest absolute Gasteiger partial charge is 0.493 e. The molecule has 0 aliphatic rings. The average molecular weight is 789 g/mol. The first kappa shape index (κ1) is 41.2. The molecule has 0 radical (unpaired) electrons. The fourth-order valence-corrected chi connectivity index (χ4v) is 5.94. The van der Waals surface area contributed by atoms with Crippen molar-refractivity contribution in [3.05, 3.63) is 69.7 Å². The monoisotopic (exact) mass is 788 g/mol. The standard InChI is InChI=1S/C40H45ClN6O9/c1-19(2)35(49)43-34-22(18-42-38(44-34)45-36(50)20(3)4)14-21-15-28(53-10)33(54-11)32-24(21)17-27(55-32)31(48)29-25-16-23(41)12-13-26(25)47(30(29)37(51)46(8)9)39(52)56-40(5,6)7/h12-13,15-20H,14H2,1-11H3,(H2,42,43,44,45,49,50). The van der Waals surface area contributed by atoms with Gasteiger partial charge in [0.05, 0.1) is 25.3 Å². The van der Waals surface area contributed by atoms with Gasteiger partial charge in [0, 0.05) is 59.9 Å². The third-order valence-electron chi connectivity index (χ3n) is 8.57. The van der Waals surface area contributed by atoms with Gasteiger partial charge in [0.2, 0.25) is 29.3 Å². The molecule has 2 N–H and O–H groups in total. The molecule has 3 amide bonds. The van der Waals surface area contributed by atoms with Gasteiger partial charge in [0.1, 0.15) is 17.1 Å². The lowest BCUT2D eigenvalue weighted by Gasteiger charge is -2.21. The molecule has 5 rings (SSSR count). The minimum absolute atomic E-state index is 0.00822. The normalized spacial score (nSPS) is 11.6. The van der Waals surface area contributed by atoms with Crippen molar-refractivity contribution in [1.29, 1.82) is 0 Å². The van der Waals surface area contributed by atoms with Gasteiger partial charge in [0.25, 0.3) is 5.91 Å². The van der Waals surface area contributed by atoms with Gasteiger partial charge in [-0.2, -0.15) is 4.98 Å². The number of furan rings is 1. The molecule has 0 bridgehead atoms. The number of halogens is 1. The lowest BCUT2D eigenvalue weighted by atomic mass is 10.00. The Labute approximate surface area is 328 Å². The van der Waals surface area contributed by atoms with E-state index in [4.69, 9.17) is 30.2 Å². The zero-order valence-electron chi connectivity index (χ0n) is 33.2. The van der Waals surface area contributed by atoms with E-state index in [-0.39, 0.29) is 91.9 Å². The summed E-state index contributed by atoms with van der Waals surface area (Å²) in [5.74, 6) is -2.28. The van der Waals surface area contributed by atoms with Crippen molar-refractivity contribution in [1.82, 2.24) is 19.4 Å². The smallest absolute Gasteiger partial charge is 0.419 e. The maximum absolute atomic E-state index is 14.8. The molecule has 0 atom stereocenters. The van der Waals surface area contributed by atoms with E-state index < -0.39 is 23.4 Å². The molecule has 3 aromatic heterocycles. The Balaban J connectivity index is 1.73. The minimum Gasteiger partial charge on any atom is -0.493 e. The number of fused-ring (bicyclic) bond motifs is 2. The molecule has 0 aliphatic carbocycles. The molecule has 0 unspecified atom stereocenters. The van der Waals surface area contributed by atoms with Gasteiger partial charge < -0.3 is 28.8 Å². The molecule has 0 fully saturated rings. The van der Waals surface area contributed by atoms with Crippen molar-refractivity contribution in [2.75, 3.05) is 38.9 Å². The number of rotatable bonds is 11. The van der Waals surface area contributed by atoms with E-state index in [0.717, 1.165) is 4.57 Å². The van der Waals surface area contributed by atoms with Crippen LogP contribution in [0.15, 0.2) is 40.9 Å². The van der Waals surface area contributed by atoms with E-state index in [1.54, 1.807) is 60.6 Å². The number of ketones is 1. The summed E-state index contributed by atoms with van der Waals surface area (Å²) in [7, 11) is 5.86. The number of carbonyl (C=O) groups is 5. The summed E-state index contributed by atoms with van der Waals surface area (Å²) in [6.45, 7) is 12.0. The maximum Gasteiger partial charge on any atom is 0.419 e. The second-order valence-electron chi connectivity index (χ2n) is 14.9. The predicted molar refractivity (Wildman–Crippen MR) is 211 cm³/mol. The predicted octanol–water partition coefficient (Wildman–Crippen LogP) is 7.34. The molecule has 0 aliphatic heterocycles. The van der Waals surface area contributed by atoms with E-state index >= 15 is 0 Å². The second-order valence-corrected chi connectivity index (χ2v) is 15.3. The SMILES string of the molecule is COc1cc(Cc2cnc(NC(=O)C(C)C)nc2NC(=O)C(C)C)c2cc(C(=O)c3c(C(=O)N(C)C)n(C(=O)OC(C)(C)C)c4ccc(Cl)cc34)oc2c1OC. The molecule has 5 aromatic rings. The number of anilines is 2. The van der Waals surface area contributed by atoms with E-state index in [0.29, 0.717) is 16.5 Å². The number of carbonyl (C=O) groups excluding carboxylic acids is 5. The molecule has 3 heterocycles. The number of hydrogen-bond donors (Lipinski definition) is 2. The second kappa shape index (κ2) is 16.0. The van der Waals surface area contributed by atoms with E-state index in [1.807, 2.05) is 0 Å². The molecule has 296 valence electrons. The Morgan fingerprint density at radius 3 is 2.16 bits per heavy atom. The highest BCUT2D eigenvalue weighted by atomic mass is 35.5. The first-order valence-electron chi connectivity index (χ1n) is 17.7. The van der Waals surface area contributed by atoms with E-state index in [9.17, 15) is 24.0 Å². The van der Waals surface area contributed by atoms with E-state index in [1.165, 1.54) is 57.6 Å². The number of benzene rings is 2. The number of nitrogens with zero attached hydrogens (tertiary/aromatic N) is 4. The van der Waals surface area contributed by atoms with Crippen LogP contribution in [0.4, 0.5) is 16.6 Å². The van der Waals surface area contributed by atoms with Crippen molar-refractivity contribution in [2.24, 2.45) is 11.8 Å². The van der Waals surface area contributed by atoms with Crippen LogP contribution in [0.2, 0.25) is 5.02 Å². The molecule has 15 nitrogen and oxygen atoms in total. The van der Waals surface area contributed by atoms with Gasteiger partial charge in [-0.3, -0.25) is 24.5 Å². The highest BCUT2D eigenvalue weighted by Gasteiger charge is 2.35. The van der Waals surface area contributed by atoms with Crippen molar-refractivity contribution in [3.63, 3.8) is 0 Å². The zero-order valence-corrected chi connectivity index (χ0v) is 33.9. The number of ether oxygens (including phenoxy) is 3. The third-order valence-corrected chi connectivity index (χ3v) is 8.81.